The lowest BCUT2D eigenvalue weighted by molar-refractivity contribution is 0.112. The molecule has 5 rings (SSSR count). The maximum Gasteiger partial charge on any atom is 0.150 e. The second-order valence-corrected chi connectivity index (χ2v) is 8.21. The smallest absolute Gasteiger partial charge is 0.150 e. The highest BCUT2D eigenvalue weighted by Gasteiger charge is 2.24. The number of hydrogen-bond donors (Lipinski definition) is 1. The standard InChI is InChI=1S/C30H25NO/c1-21(22-10-3-2-4-11-22)31-30(28-17-9-14-23-12-5-7-15-26(23)28)29-25(20-32)19-18-24-13-6-8-16-27(24)29/h2-21,30-31H,1H3/t21-,30-/m0/s1. The van der Waals surface area contributed by atoms with E-state index in [9.17, 15) is 4.79 Å². The summed E-state index contributed by atoms with van der Waals surface area (Å²) in [5.74, 6) is 0. The first-order chi connectivity index (χ1) is 15.8. The molecule has 5 aromatic carbocycles. The van der Waals surface area contributed by atoms with Gasteiger partial charge in [0.05, 0.1) is 6.04 Å². The molecule has 2 atom stereocenters. The van der Waals surface area contributed by atoms with Crippen molar-refractivity contribution in [2.45, 2.75) is 19.0 Å². The summed E-state index contributed by atoms with van der Waals surface area (Å²) >= 11 is 0. The van der Waals surface area contributed by atoms with E-state index in [2.05, 4.69) is 91.1 Å². The Morgan fingerprint density at radius 1 is 0.656 bits per heavy atom. The van der Waals surface area contributed by atoms with Crippen molar-refractivity contribution in [3.63, 3.8) is 0 Å². The van der Waals surface area contributed by atoms with Crippen LogP contribution < -0.4 is 5.32 Å². The molecule has 0 saturated heterocycles. The van der Waals surface area contributed by atoms with Crippen LogP contribution in [-0.4, -0.2) is 6.29 Å². The zero-order valence-electron chi connectivity index (χ0n) is 18.0. The number of aldehydes is 1. The van der Waals surface area contributed by atoms with Crippen LogP contribution in [0.2, 0.25) is 0 Å². The van der Waals surface area contributed by atoms with Gasteiger partial charge in [-0.3, -0.25) is 10.1 Å². The molecule has 2 heteroatoms. The Bertz CT molecular complexity index is 1390. The fourth-order valence-corrected chi connectivity index (χ4v) is 4.66. The van der Waals surface area contributed by atoms with Gasteiger partial charge in [-0.25, -0.2) is 0 Å². The molecule has 0 aliphatic carbocycles. The number of nitrogens with one attached hydrogen (secondary N) is 1. The van der Waals surface area contributed by atoms with Gasteiger partial charge in [0.25, 0.3) is 0 Å². The van der Waals surface area contributed by atoms with Crippen molar-refractivity contribution in [1.82, 2.24) is 5.32 Å². The lowest BCUT2D eigenvalue weighted by Crippen LogP contribution is -2.27. The third-order valence-corrected chi connectivity index (χ3v) is 6.27. The molecule has 0 heterocycles. The van der Waals surface area contributed by atoms with Crippen LogP contribution in [0, 0.1) is 0 Å². The molecule has 1 N–H and O–H groups in total. The highest BCUT2D eigenvalue weighted by molar-refractivity contribution is 5.95. The molecule has 2 nitrogen and oxygen atoms in total. The van der Waals surface area contributed by atoms with Crippen molar-refractivity contribution in [3.8, 4) is 0 Å². The van der Waals surface area contributed by atoms with E-state index in [4.69, 9.17) is 0 Å². The Balaban J connectivity index is 1.76. The predicted molar refractivity (Wildman–Crippen MR) is 133 cm³/mol. The van der Waals surface area contributed by atoms with E-state index in [1.807, 2.05) is 30.3 Å². The van der Waals surface area contributed by atoms with Crippen LogP contribution in [0.25, 0.3) is 21.5 Å². The van der Waals surface area contributed by atoms with Gasteiger partial charge in [-0.1, -0.05) is 109 Å². The molecule has 32 heavy (non-hydrogen) atoms. The van der Waals surface area contributed by atoms with Crippen LogP contribution in [0.4, 0.5) is 0 Å². The Labute approximate surface area is 188 Å². The van der Waals surface area contributed by atoms with Gasteiger partial charge < -0.3 is 0 Å². The molecule has 156 valence electrons. The van der Waals surface area contributed by atoms with Crippen LogP contribution in [0.3, 0.4) is 0 Å². The van der Waals surface area contributed by atoms with Crippen LogP contribution in [-0.2, 0) is 0 Å². The Kier molecular flexibility index (Phi) is 5.53. The maximum absolute atomic E-state index is 12.2. The molecular formula is C30H25NO. The van der Waals surface area contributed by atoms with Gasteiger partial charge in [-0.2, -0.15) is 0 Å². The van der Waals surface area contributed by atoms with E-state index in [0.29, 0.717) is 0 Å². The van der Waals surface area contributed by atoms with Gasteiger partial charge in [0.15, 0.2) is 0 Å². The highest BCUT2D eigenvalue weighted by Crippen LogP contribution is 2.36. The quantitative estimate of drug-likeness (QED) is 0.296. The van der Waals surface area contributed by atoms with E-state index in [1.165, 1.54) is 21.9 Å². The molecule has 0 spiro atoms. The fourth-order valence-electron chi connectivity index (χ4n) is 4.66. The van der Waals surface area contributed by atoms with Crippen molar-refractivity contribution in [3.05, 3.63) is 131 Å². The lowest BCUT2D eigenvalue weighted by Gasteiger charge is -2.28. The monoisotopic (exact) mass is 415 g/mol. The van der Waals surface area contributed by atoms with Crippen LogP contribution >= 0.6 is 0 Å². The lowest BCUT2D eigenvalue weighted by atomic mass is 9.87. The number of carbonyl (C=O) groups excluding carboxylic acids is 1. The van der Waals surface area contributed by atoms with E-state index in [-0.39, 0.29) is 12.1 Å². The van der Waals surface area contributed by atoms with Crippen LogP contribution in [0.15, 0.2) is 109 Å². The van der Waals surface area contributed by atoms with Crippen LogP contribution in [0.1, 0.15) is 46.1 Å². The molecule has 0 aliphatic rings. The van der Waals surface area contributed by atoms with Gasteiger partial charge in [0, 0.05) is 11.6 Å². The summed E-state index contributed by atoms with van der Waals surface area (Å²) in [6.45, 7) is 2.18. The summed E-state index contributed by atoms with van der Waals surface area (Å²) in [6.07, 6.45) is 0.981. The molecule has 0 unspecified atom stereocenters. The van der Waals surface area contributed by atoms with Crippen LogP contribution in [0.5, 0.6) is 0 Å². The molecule has 0 radical (unpaired) electrons. The molecule has 0 fully saturated rings. The molecule has 0 amide bonds. The third-order valence-electron chi connectivity index (χ3n) is 6.27. The van der Waals surface area contributed by atoms with Gasteiger partial charge >= 0.3 is 0 Å². The van der Waals surface area contributed by atoms with Gasteiger partial charge in [0.1, 0.15) is 6.29 Å². The molecule has 0 aromatic heterocycles. The molecule has 0 bridgehead atoms. The number of benzene rings is 5. The van der Waals surface area contributed by atoms with E-state index >= 15 is 0 Å². The zero-order chi connectivity index (χ0) is 21.9. The molecule has 0 aliphatic heterocycles. The molecule has 5 aromatic rings. The third kappa shape index (κ3) is 3.70. The summed E-state index contributed by atoms with van der Waals surface area (Å²) in [7, 11) is 0. The fraction of sp³-hybridized carbons (Fsp3) is 0.100. The summed E-state index contributed by atoms with van der Waals surface area (Å²) in [5.41, 5.74) is 4.13. The predicted octanol–water partition coefficient (Wildman–Crippen LogP) is 7.25. The first kappa shape index (κ1) is 20.2. The summed E-state index contributed by atoms with van der Waals surface area (Å²) in [4.78, 5) is 12.2. The second-order valence-electron chi connectivity index (χ2n) is 8.21. The summed E-state index contributed by atoms with van der Waals surface area (Å²) < 4.78 is 0. The average Bonchev–Trinajstić information content (AvgIpc) is 2.87. The topological polar surface area (TPSA) is 29.1 Å². The highest BCUT2D eigenvalue weighted by atomic mass is 16.1. The second kappa shape index (κ2) is 8.78. The normalized spacial score (nSPS) is 13.2. The van der Waals surface area contributed by atoms with Crippen molar-refractivity contribution < 1.29 is 4.79 Å². The Morgan fingerprint density at radius 3 is 2.03 bits per heavy atom. The number of carbonyl (C=O) groups is 1. The molecular weight excluding hydrogens is 390 g/mol. The minimum absolute atomic E-state index is 0.0960. The average molecular weight is 416 g/mol. The van der Waals surface area contributed by atoms with E-state index < -0.39 is 0 Å². The van der Waals surface area contributed by atoms with Crippen molar-refractivity contribution in [1.29, 1.82) is 0 Å². The van der Waals surface area contributed by atoms with Crippen molar-refractivity contribution >= 4 is 27.8 Å². The Morgan fingerprint density at radius 2 is 1.28 bits per heavy atom. The minimum atomic E-state index is -0.150. The molecule has 0 saturated carbocycles. The SMILES string of the molecule is C[C@H](N[C@@H](c1cccc2ccccc12)c1c(C=O)ccc2ccccc12)c1ccccc1. The largest absolute Gasteiger partial charge is 0.300 e. The van der Waals surface area contributed by atoms with E-state index in [0.717, 1.165) is 28.2 Å². The number of rotatable bonds is 6. The van der Waals surface area contributed by atoms with Crippen molar-refractivity contribution in [2.24, 2.45) is 0 Å². The first-order valence-corrected chi connectivity index (χ1v) is 11.0. The number of fused-ring (bicyclic) bond motifs is 2. The summed E-state index contributed by atoms with van der Waals surface area (Å²) in [5, 5.41) is 8.48. The maximum atomic E-state index is 12.2. The Hall–Kier alpha value is -3.75. The minimum Gasteiger partial charge on any atom is -0.300 e. The van der Waals surface area contributed by atoms with Gasteiger partial charge in [0.2, 0.25) is 0 Å². The first-order valence-electron chi connectivity index (χ1n) is 11.0. The number of hydrogen-bond acceptors (Lipinski definition) is 2. The summed E-state index contributed by atoms with van der Waals surface area (Å²) in [6, 6.07) is 37.5. The van der Waals surface area contributed by atoms with Gasteiger partial charge in [-0.05, 0) is 45.2 Å². The van der Waals surface area contributed by atoms with Gasteiger partial charge in [-0.15, -0.1) is 0 Å². The zero-order valence-corrected chi connectivity index (χ0v) is 18.0. The van der Waals surface area contributed by atoms with Crippen molar-refractivity contribution in [2.75, 3.05) is 0 Å². The van der Waals surface area contributed by atoms with E-state index in [1.54, 1.807) is 0 Å².